The first-order chi connectivity index (χ1) is 9.33. The van der Waals surface area contributed by atoms with Gasteiger partial charge in [0.25, 0.3) is 0 Å². The first-order valence-corrected chi connectivity index (χ1v) is 6.81. The fraction of sp³-hybridized carbons (Fsp3) is 0.500. The van der Waals surface area contributed by atoms with Gasteiger partial charge in [0.05, 0.1) is 13.2 Å². The van der Waals surface area contributed by atoms with Crippen molar-refractivity contribution < 1.29 is 9.47 Å². The van der Waals surface area contributed by atoms with Crippen LogP contribution < -0.4 is 14.8 Å². The molecule has 0 amide bonds. The van der Waals surface area contributed by atoms with Crippen LogP contribution in [0.3, 0.4) is 0 Å². The van der Waals surface area contributed by atoms with E-state index in [1.807, 2.05) is 26.0 Å². The summed E-state index contributed by atoms with van der Waals surface area (Å²) in [5, 5.41) is 3.31. The number of ether oxygens (including phenoxy) is 2. The molecular weight excluding hydrogens is 238 g/mol. The van der Waals surface area contributed by atoms with Gasteiger partial charge in [-0.05, 0) is 26.5 Å². The molecule has 0 aliphatic carbocycles. The van der Waals surface area contributed by atoms with Crippen LogP contribution in [0, 0.1) is 11.8 Å². The highest BCUT2D eigenvalue weighted by molar-refractivity contribution is 5.46. The quantitative estimate of drug-likeness (QED) is 0.576. The molecule has 19 heavy (non-hydrogen) atoms. The molecule has 0 aliphatic rings. The Morgan fingerprint density at radius 3 is 2.74 bits per heavy atom. The van der Waals surface area contributed by atoms with E-state index in [4.69, 9.17) is 9.47 Å². The van der Waals surface area contributed by atoms with Crippen LogP contribution >= 0.6 is 0 Å². The molecule has 0 unspecified atom stereocenters. The smallest absolute Gasteiger partial charge is 0.165 e. The van der Waals surface area contributed by atoms with Crippen molar-refractivity contribution in [2.75, 3.05) is 19.8 Å². The minimum atomic E-state index is 0.587. The summed E-state index contributed by atoms with van der Waals surface area (Å²) in [7, 11) is 0. The standard InChI is InChI=1S/C16H23NO2/c1-4-7-8-12-19-16-14(13-17-5-2)10-9-11-15(16)18-6-3/h9-11,17H,5-6,8,12-13H2,1-3H3. The lowest BCUT2D eigenvalue weighted by atomic mass is 10.2. The summed E-state index contributed by atoms with van der Waals surface area (Å²) >= 11 is 0. The number of nitrogens with one attached hydrogen (secondary N) is 1. The molecule has 0 saturated heterocycles. The summed E-state index contributed by atoms with van der Waals surface area (Å²) in [6, 6.07) is 6.00. The number of hydrogen-bond acceptors (Lipinski definition) is 3. The van der Waals surface area contributed by atoms with E-state index >= 15 is 0 Å². The highest BCUT2D eigenvalue weighted by atomic mass is 16.5. The van der Waals surface area contributed by atoms with E-state index in [0.717, 1.165) is 36.6 Å². The summed E-state index contributed by atoms with van der Waals surface area (Å²) < 4.78 is 11.5. The Balaban J connectivity index is 2.81. The van der Waals surface area contributed by atoms with Crippen molar-refractivity contribution >= 4 is 0 Å². The molecule has 0 spiro atoms. The first kappa shape index (κ1) is 15.4. The predicted octanol–water partition coefficient (Wildman–Crippen LogP) is 2.99. The lowest BCUT2D eigenvalue weighted by molar-refractivity contribution is 0.278. The van der Waals surface area contributed by atoms with Gasteiger partial charge < -0.3 is 14.8 Å². The highest BCUT2D eigenvalue weighted by Crippen LogP contribution is 2.31. The Morgan fingerprint density at radius 1 is 1.21 bits per heavy atom. The Morgan fingerprint density at radius 2 is 2.05 bits per heavy atom. The van der Waals surface area contributed by atoms with E-state index in [-0.39, 0.29) is 0 Å². The summed E-state index contributed by atoms with van der Waals surface area (Å²) in [6.45, 7) is 8.84. The van der Waals surface area contributed by atoms with Gasteiger partial charge in [0.15, 0.2) is 11.5 Å². The Hall–Kier alpha value is -1.66. The van der Waals surface area contributed by atoms with Gasteiger partial charge in [0.1, 0.15) is 0 Å². The molecule has 0 aromatic heterocycles. The molecular formula is C16H23NO2. The van der Waals surface area contributed by atoms with Crippen molar-refractivity contribution in [3.8, 4) is 23.3 Å². The van der Waals surface area contributed by atoms with Crippen molar-refractivity contribution in [3.05, 3.63) is 23.8 Å². The van der Waals surface area contributed by atoms with E-state index in [1.165, 1.54) is 0 Å². The molecule has 104 valence electrons. The zero-order valence-corrected chi connectivity index (χ0v) is 12.1. The van der Waals surface area contributed by atoms with Crippen LogP contribution in [0.1, 0.15) is 32.8 Å². The molecule has 1 N–H and O–H groups in total. The fourth-order valence-corrected chi connectivity index (χ4v) is 1.72. The van der Waals surface area contributed by atoms with Crippen LogP contribution in [0.4, 0.5) is 0 Å². The number of para-hydroxylation sites is 1. The van der Waals surface area contributed by atoms with Crippen molar-refractivity contribution in [2.45, 2.75) is 33.7 Å². The summed E-state index contributed by atoms with van der Waals surface area (Å²) in [4.78, 5) is 0. The van der Waals surface area contributed by atoms with E-state index in [1.54, 1.807) is 0 Å². The summed E-state index contributed by atoms with van der Waals surface area (Å²) in [5.41, 5.74) is 1.12. The average Bonchev–Trinajstić information content (AvgIpc) is 2.43. The Bertz CT molecular complexity index is 432. The molecule has 1 rings (SSSR count). The topological polar surface area (TPSA) is 30.5 Å². The summed E-state index contributed by atoms with van der Waals surface area (Å²) in [6.07, 6.45) is 0.734. The maximum Gasteiger partial charge on any atom is 0.165 e. The zero-order chi connectivity index (χ0) is 13.9. The maximum absolute atomic E-state index is 5.85. The van der Waals surface area contributed by atoms with Crippen molar-refractivity contribution in [2.24, 2.45) is 0 Å². The number of benzene rings is 1. The lowest BCUT2D eigenvalue weighted by Crippen LogP contribution is -2.13. The van der Waals surface area contributed by atoms with E-state index in [2.05, 4.69) is 30.1 Å². The van der Waals surface area contributed by atoms with Gasteiger partial charge in [0, 0.05) is 18.5 Å². The van der Waals surface area contributed by atoms with Gasteiger partial charge in [-0.2, -0.15) is 0 Å². The van der Waals surface area contributed by atoms with Crippen LogP contribution in [-0.2, 0) is 6.54 Å². The molecule has 0 bridgehead atoms. The second kappa shape index (κ2) is 9.29. The third kappa shape index (κ3) is 5.23. The van der Waals surface area contributed by atoms with Gasteiger partial charge in [-0.15, -0.1) is 11.8 Å². The van der Waals surface area contributed by atoms with Crippen LogP contribution in [-0.4, -0.2) is 19.8 Å². The lowest BCUT2D eigenvalue weighted by Gasteiger charge is -2.15. The van der Waals surface area contributed by atoms with E-state index < -0.39 is 0 Å². The monoisotopic (exact) mass is 261 g/mol. The molecule has 3 nitrogen and oxygen atoms in total. The molecule has 0 fully saturated rings. The number of hydrogen-bond donors (Lipinski definition) is 1. The second-order valence-electron chi connectivity index (χ2n) is 3.98. The molecule has 0 heterocycles. The minimum Gasteiger partial charge on any atom is -0.490 e. The largest absolute Gasteiger partial charge is 0.490 e. The van der Waals surface area contributed by atoms with E-state index in [0.29, 0.717) is 13.2 Å². The fourth-order valence-electron chi connectivity index (χ4n) is 1.72. The van der Waals surface area contributed by atoms with Crippen molar-refractivity contribution in [1.82, 2.24) is 5.32 Å². The zero-order valence-electron chi connectivity index (χ0n) is 12.1. The van der Waals surface area contributed by atoms with Gasteiger partial charge in [0.2, 0.25) is 0 Å². The number of rotatable bonds is 8. The van der Waals surface area contributed by atoms with Crippen LogP contribution in [0.15, 0.2) is 18.2 Å². The third-order valence-electron chi connectivity index (χ3n) is 2.58. The highest BCUT2D eigenvalue weighted by Gasteiger charge is 2.10. The average molecular weight is 261 g/mol. The predicted molar refractivity (Wildman–Crippen MR) is 78.6 cm³/mol. The van der Waals surface area contributed by atoms with Gasteiger partial charge >= 0.3 is 0 Å². The third-order valence-corrected chi connectivity index (χ3v) is 2.58. The van der Waals surface area contributed by atoms with Crippen LogP contribution in [0.5, 0.6) is 11.5 Å². The first-order valence-electron chi connectivity index (χ1n) is 6.81. The van der Waals surface area contributed by atoms with Gasteiger partial charge in [-0.25, -0.2) is 0 Å². The minimum absolute atomic E-state index is 0.587. The Kier molecular flexibility index (Phi) is 7.53. The van der Waals surface area contributed by atoms with Gasteiger partial charge in [-0.1, -0.05) is 19.1 Å². The maximum atomic E-state index is 5.85. The molecule has 0 saturated carbocycles. The molecule has 0 atom stereocenters. The SMILES string of the molecule is CC#CCCOc1c(CNCC)cccc1OCC. The van der Waals surface area contributed by atoms with Crippen LogP contribution in [0.2, 0.25) is 0 Å². The molecule has 3 heteroatoms. The molecule has 1 aromatic rings. The molecule has 1 aromatic carbocycles. The van der Waals surface area contributed by atoms with Gasteiger partial charge in [-0.3, -0.25) is 0 Å². The second-order valence-corrected chi connectivity index (χ2v) is 3.98. The summed E-state index contributed by atoms with van der Waals surface area (Å²) in [5.74, 6) is 7.51. The molecule has 0 aliphatic heterocycles. The Labute approximate surface area is 116 Å². The van der Waals surface area contributed by atoms with Crippen molar-refractivity contribution in [3.63, 3.8) is 0 Å². The van der Waals surface area contributed by atoms with Crippen LogP contribution in [0.25, 0.3) is 0 Å². The normalized spacial score (nSPS) is 9.63. The van der Waals surface area contributed by atoms with E-state index in [9.17, 15) is 0 Å². The molecule has 0 radical (unpaired) electrons. The van der Waals surface area contributed by atoms with Crippen molar-refractivity contribution in [1.29, 1.82) is 0 Å².